The van der Waals surface area contributed by atoms with E-state index in [0.29, 0.717) is 0 Å². The summed E-state index contributed by atoms with van der Waals surface area (Å²) in [6, 6.07) is 4.48. The van der Waals surface area contributed by atoms with Gasteiger partial charge in [-0.1, -0.05) is 12.1 Å². The Kier molecular flexibility index (Phi) is 3.20. The second-order valence-electron chi connectivity index (χ2n) is 4.90. The first-order valence-electron chi connectivity index (χ1n) is 6.08. The summed E-state index contributed by atoms with van der Waals surface area (Å²) in [6.07, 6.45) is 3.58. The highest BCUT2D eigenvalue weighted by Gasteiger charge is 2.26. The number of ether oxygens (including phenoxy) is 1. The molecule has 0 aromatic heterocycles. The molecule has 1 aromatic carbocycles. The molecule has 1 aromatic rings. The molecule has 2 rings (SSSR count). The van der Waals surface area contributed by atoms with Gasteiger partial charge in [0, 0.05) is 6.04 Å². The van der Waals surface area contributed by atoms with Crippen molar-refractivity contribution in [2.75, 3.05) is 0 Å². The number of hydrogen-bond acceptors (Lipinski definition) is 2. The van der Waals surface area contributed by atoms with Crippen molar-refractivity contribution in [3.05, 3.63) is 28.8 Å². The van der Waals surface area contributed by atoms with E-state index < -0.39 is 0 Å². The maximum Gasteiger partial charge on any atom is 0.125 e. The van der Waals surface area contributed by atoms with Gasteiger partial charge in [-0.05, 0) is 56.7 Å². The third-order valence-electron chi connectivity index (χ3n) is 3.65. The summed E-state index contributed by atoms with van der Waals surface area (Å²) < 4.78 is 6.10. The summed E-state index contributed by atoms with van der Waals surface area (Å²) in [6.45, 7) is 6.34. The van der Waals surface area contributed by atoms with Crippen molar-refractivity contribution < 1.29 is 4.74 Å². The van der Waals surface area contributed by atoms with Crippen LogP contribution in [0.4, 0.5) is 0 Å². The van der Waals surface area contributed by atoms with Crippen molar-refractivity contribution in [3.8, 4) is 5.75 Å². The van der Waals surface area contributed by atoms with E-state index in [0.717, 1.165) is 18.6 Å². The topological polar surface area (TPSA) is 35.2 Å². The summed E-state index contributed by atoms with van der Waals surface area (Å²) in [7, 11) is 0. The smallest absolute Gasteiger partial charge is 0.125 e. The molecule has 0 aliphatic heterocycles. The van der Waals surface area contributed by atoms with Crippen LogP contribution in [-0.2, 0) is 0 Å². The predicted molar refractivity (Wildman–Crippen MR) is 66.9 cm³/mol. The Morgan fingerprint density at radius 3 is 2.44 bits per heavy atom. The zero-order valence-electron chi connectivity index (χ0n) is 10.4. The van der Waals surface area contributed by atoms with Gasteiger partial charge < -0.3 is 10.5 Å². The molecule has 16 heavy (non-hydrogen) atoms. The molecule has 1 fully saturated rings. The minimum absolute atomic E-state index is 0.208. The fourth-order valence-corrected chi connectivity index (χ4v) is 2.36. The average Bonchev–Trinajstić information content (AvgIpc) is 2.65. The van der Waals surface area contributed by atoms with Crippen molar-refractivity contribution >= 4 is 0 Å². The third kappa shape index (κ3) is 2.07. The van der Waals surface area contributed by atoms with Gasteiger partial charge in [-0.2, -0.15) is 0 Å². The molecule has 0 spiro atoms. The summed E-state index contributed by atoms with van der Waals surface area (Å²) in [4.78, 5) is 0. The van der Waals surface area contributed by atoms with E-state index in [9.17, 15) is 0 Å². The van der Waals surface area contributed by atoms with Gasteiger partial charge in [-0.3, -0.25) is 0 Å². The van der Waals surface area contributed by atoms with Crippen molar-refractivity contribution in [1.29, 1.82) is 0 Å². The van der Waals surface area contributed by atoms with Gasteiger partial charge in [0.25, 0.3) is 0 Å². The van der Waals surface area contributed by atoms with Gasteiger partial charge >= 0.3 is 0 Å². The molecule has 0 radical (unpaired) electrons. The Morgan fingerprint density at radius 1 is 1.12 bits per heavy atom. The van der Waals surface area contributed by atoms with Crippen LogP contribution in [0.2, 0.25) is 0 Å². The van der Waals surface area contributed by atoms with Crippen LogP contribution in [0.1, 0.15) is 36.0 Å². The average molecular weight is 219 g/mol. The van der Waals surface area contributed by atoms with Crippen LogP contribution in [0.15, 0.2) is 12.1 Å². The zero-order chi connectivity index (χ0) is 11.7. The summed E-state index contributed by atoms with van der Waals surface area (Å²) >= 11 is 0. The lowest BCUT2D eigenvalue weighted by Gasteiger charge is -2.21. The normalized spacial score (nSPS) is 24.8. The van der Waals surface area contributed by atoms with Crippen LogP contribution in [0.5, 0.6) is 5.75 Å². The van der Waals surface area contributed by atoms with Gasteiger partial charge in [0.15, 0.2) is 0 Å². The molecule has 0 bridgehead atoms. The molecule has 2 nitrogen and oxygen atoms in total. The molecule has 2 N–H and O–H groups in total. The van der Waals surface area contributed by atoms with Crippen molar-refractivity contribution in [3.63, 3.8) is 0 Å². The first kappa shape index (κ1) is 11.5. The molecule has 0 heterocycles. The van der Waals surface area contributed by atoms with Gasteiger partial charge in [0.1, 0.15) is 11.9 Å². The number of hydrogen-bond donors (Lipinski definition) is 1. The molecule has 2 heteroatoms. The molecular weight excluding hydrogens is 198 g/mol. The molecule has 1 saturated carbocycles. The Hall–Kier alpha value is -1.02. The van der Waals surface area contributed by atoms with Gasteiger partial charge in [0.2, 0.25) is 0 Å². The van der Waals surface area contributed by atoms with Gasteiger partial charge in [-0.25, -0.2) is 0 Å². The lowest BCUT2D eigenvalue weighted by atomic mass is 10.0. The number of nitrogens with two attached hydrogens (primary N) is 1. The van der Waals surface area contributed by atoms with E-state index in [1.807, 2.05) is 0 Å². The summed E-state index contributed by atoms with van der Waals surface area (Å²) in [5, 5.41) is 0. The molecule has 0 saturated heterocycles. The van der Waals surface area contributed by atoms with Crippen LogP contribution in [0.3, 0.4) is 0 Å². The number of benzene rings is 1. The van der Waals surface area contributed by atoms with Crippen LogP contribution < -0.4 is 10.5 Å². The summed E-state index contributed by atoms with van der Waals surface area (Å²) in [5.74, 6) is 1.04. The lowest BCUT2D eigenvalue weighted by Crippen LogP contribution is -2.34. The quantitative estimate of drug-likeness (QED) is 0.830. The van der Waals surface area contributed by atoms with Crippen molar-refractivity contribution in [1.82, 2.24) is 0 Å². The fourth-order valence-electron chi connectivity index (χ4n) is 2.36. The molecule has 1 aliphatic carbocycles. The molecule has 2 unspecified atom stereocenters. The van der Waals surface area contributed by atoms with Gasteiger partial charge in [0.05, 0.1) is 0 Å². The number of rotatable bonds is 2. The van der Waals surface area contributed by atoms with E-state index in [4.69, 9.17) is 10.5 Å². The molecule has 1 aliphatic rings. The minimum atomic E-state index is 0.208. The van der Waals surface area contributed by atoms with E-state index in [-0.39, 0.29) is 12.1 Å². The van der Waals surface area contributed by atoms with E-state index in [1.54, 1.807) is 0 Å². The fraction of sp³-hybridized carbons (Fsp3) is 0.571. The SMILES string of the molecule is Cc1ccc(C)c(OC2CCCC2N)c1C. The largest absolute Gasteiger partial charge is 0.488 e. The summed E-state index contributed by atoms with van der Waals surface area (Å²) in [5.41, 5.74) is 9.78. The van der Waals surface area contributed by atoms with Gasteiger partial charge in [-0.15, -0.1) is 0 Å². The predicted octanol–water partition coefficient (Wildman–Crippen LogP) is 2.87. The van der Waals surface area contributed by atoms with Crippen LogP contribution in [-0.4, -0.2) is 12.1 Å². The molecular formula is C14H21NO. The highest BCUT2D eigenvalue weighted by molar-refractivity contribution is 5.44. The lowest BCUT2D eigenvalue weighted by molar-refractivity contribution is 0.189. The van der Waals surface area contributed by atoms with Crippen LogP contribution in [0.25, 0.3) is 0 Å². The second-order valence-corrected chi connectivity index (χ2v) is 4.90. The third-order valence-corrected chi connectivity index (χ3v) is 3.65. The van der Waals surface area contributed by atoms with Crippen LogP contribution in [0, 0.1) is 20.8 Å². The van der Waals surface area contributed by atoms with E-state index >= 15 is 0 Å². The molecule has 2 atom stereocenters. The minimum Gasteiger partial charge on any atom is -0.488 e. The zero-order valence-corrected chi connectivity index (χ0v) is 10.4. The number of aryl methyl sites for hydroxylation is 2. The molecule has 88 valence electrons. The van der Waals surface area contributed by atoms with Crippen molar-refractivity contribution in [2.45, 2.75) is 52.2 Å². The van der Waals surface area contributed by atoms with Crippen LogP contribution >= 0.6 is 0 Å². The Morgan fingerprint density at radius 2 is 1.81 bits per heavy atom. The van der Waals surface area contributed by atoms with Crippen molar-refractivity contribution in [2.24, 2.45) is 5.73 Å². The van der Waals surface area contributed by atoms with E-state index in [1.165, 1.54) is 23.1 Å². The Balaban J connectivity index is 2.23. The molecule has 0 amide bonds. The highest BCUT2D eigenvalue weighted by Crippen LogP contribution is 2.30. The van der Waals surface area contributed by atoms with E-state index in [2.05, 4.69) is 32.9 Å². The first-order chi connectivity index (χ1) is 7.59. The standard InChI is InChI=1S/C14H21NO/c1-9-7-8-10(2)14(11(9)3)16-13-6-4-5-12(13)15/h7-8,12-13H,4-6,15H2,1-3H3. The second kappa shape index (κ2) is 4.46. The monoisotopic (exact) mass is 219 g/mol. The Labute approximate surface area is 97.8 Å². The Bertz CT molecular complexity index is 387. The highest BCUT2D eigenvalue weighted by atomic mass is 16.5. The first-order valence-corrected chi connectivity index (χ1v) is 6.08. The maximum atomic E-state index is 6.10. The maximum absolute atomic E-state index is 6.10.